The molecule has 0 unspecified atom stereocenters. The van der Waals surface area contributed by atoms with Crippen molar-refractivity contribution in [2.75, 3.05) is 12.4 Å². The zero-order chi connectivity index (χ0) is 12.6. The number of carbonyl (C=O) groups is 1. The summed E-state index contributed by atoms with van der Waals surface area (Å²) in [7, 11) is 0. The van der Waals surface area contributed by atoms with Crippen molar-refractivity contribution in [1.82, 2.24) is 0 Å². The number of carbonyl (C=O) groups excluding carboxylic acids is 1. The van der Waals surface area contributed by atoms with E-state index in [0.717, 1.165) is 5.57 Å². The quantitative estimate of drug-likeness (QED) is 0.526. The maximum atomic E-state index is 11.4. The van der Waals surface area contributed by atoms with Crippen LogP contribution >= 0.6 is 11.8 Å². The van der Waals surface area contributed by atoms with Gasteiger partial charge < -0.3 is 4.74 Å². The number of hydrogen-bond acceptors (Lipinski definition) is 3. The van der Waals surface area contributed by atoms with Gasteiger partial charge in [0.25, 0.3) is 0 Å². The molecule has 2 nitrogen and oxygen atoms in total. The molecule has 0 aliphatic carbocycles. The van der Waals surface area contributed by atoms with Crippen molar-refractivity contribution in [3.63, 3.8) is 0 Å². The van der Waals surface area contributed by atoms with E-state index in [2.05, 4.69) is 33.9 Å². The lowest BCUT2D eigenvalue weighted by Crippen LogP contribution is -2.15. The van der Waals surface area contributed by atoms with Gasteiger partial charge in [0.2, 0.25) is 0 Å². The van der Waals surface area contributed by atoms with Crippen LogP contribution in [0.1, 0.15) is 20.8 Å². The molecule has 16 heavy (non-hydrogen) atoms. The first-order valence-electron chi connectivity index (χ1n) is 5.12. The average Bonchev–Trinajstić information content (AvgIpc) is 2.20. The molecule has 0 amide bonds. The van der Waals surface area contributed by atoms with Crippen LogP contribution in [0.25, 0.3) is 0 Å². The molecule has 0 rings (SSSR count). The summed E-state index contributed by atoms with van der Waals surface area (Å²) in [5.41, 5.74) is 0.851. The number of hydrogen-bond donors (Lipinski definition) is 0. The lowest BCUT2D eigenvalue weighted by atomic mass is 10.2. The van der Waals surface area contributed by atoms with Gasteiger partial charge in [-0.1, -0.05) is 52.2 Å². The lowest BCUT2D eigenvalue weighted by molar-refractivity contribution is -0.139. The molecule has 0 fully saturated rings. The molecule has 0 heterocycles. The summed E-state index contributed by atoms with van der Waals surface area (Å²) in [6, 6.07) is 0. The van der Waals surface area contributed by atoms with E-state index in [0.29, 0.717) is 5.75 Å². The molecule has 0 atom stereocenters. The minimum Gasteiger partial charge on any atom is -0.460 e. The molecule has 0 aliphatic heterocycles. The van der Waals surface area contributed by atoms with Crippen LogP contribution in [0.5, 0.6) is 0 Å². The van der Waals surface area contributed by atoms with Crippen molar-refractivity contribution in [3.05, 3.63) is 37.0 Å². The van der Waals surface area contributed by atoms with Crippen molar-refractivity contribution in [1.29, 1.82) is 0 Å². The first kappa shape index (κ1) is 15.0. The third kappa shape index (κ3) is 8.36. The van der Waals surface area contributed by atoms with Crippen molar-refractivity contribution in [2.24, 2.45) is 0 Å². The van der Waals surface area contributed by atoms with Gasteiger partial charge in [-0.25, -0.2) is 0 Å². The minimum absolute atomic E-state index is 0.0806. The van der Waals surface area contributed by atoms with Crippen LogP contribution < -0.4 is 0 Å². The Hall–Kier alpha value is -0.960. The molecular weight excluding hydrogens is 220 g/mol. The highest BCUT2D eigenvalue weighted by atomic mass is 32.2. The summed E-state index contributed by atoms with van der Waals surface area (Å²) in [6.07, 6.45) is 5.08. The van der Waals surface area contributed by atoms with Crippen molar-refractivity contribution < 1.29 is 9.53 Å². The Morgan fingerprint density at radius 2 is 2.00 bits per heavy atom. The molecule has 0 N–H and O–H groups in total. The fraction of sp³-hybridized carbons (Fsp3) is 0.462. The number of thioether (sulfide) groups is 1. The van der Waals surface area contributed by atoms with E-state index in [9.17, 15) is 4.79 Å². The van der Waals surface area contributed by atoms with E-state index >= 15 is 0 Å². The fourth-order valence-electron chi connectivity index (χ4n) is 0.807. The fourth-order valence-corrected chi connectivity index (χ4v) is 1.44. The molecule has 0 radical (unpaired) electrons. The predicted octanol–water partition coefficient (Wildman–Crippen LogP) is 3.36. The number of ether oxygens (including phenoxy) is 1. The molecule has 0 aliphatic rings. The summed E-state index contributed by atoms with van der Waals surface area (Å²) in [5.74, 6) is 0.180. The first-order chi connectivity index (χ1) is 7.39. The van der Waals surface area contributed by atoms with E-state index in [1.165, 1.54) is 0 Å². The Morgan fingerprint density at radius 3 is 2.44 bits per heavy atom. The number of esters is 1. The summed E-state index contributed by atoms with van der Waals surface area (Å²) in [4.78, 5) is 11.4. The smallest absolute Gasteiger partial charge is 0.316 e. The zero-order valence-corrected chi connectivity index (χ0v) is 11.1. The summed E-state index contributed by atoms with van der Waals surface area (Å²) >= 11 is 1.57. The highest BCUT2D eigenvalue weighted by Gasteiger charge is 2.13. The summed E-state index contributed by atoms with van der Waals surface area (Å²) in [6.45, 7) is 13.7. The molecule has 0 saturated heterocycles. The van der Waals surface area contributed by atoms with Gasteiger partial charge in [-0.05, 0) is 5.57 Å². The van der Waals surface area contributed by atoms with E-state index in [1.807, 2.05) is 0 Å². The predicted molar refractivity (Wildman–Crippen MR) is 71.6 cm³/mol. The second-order valence-electron chi connectivity index (χ2n) is 4.24. The van der Waals surface area contributed by atoms with Crippen LogP contribution in [0, 0.1) is 0 Å². The topological polar surface area (TPSA) is 26.3 Å². The monoisotopic (exact) mass is 240 g/mol. The van der Waals surface area contributed by atoms with Gasteiger partial charge >= 0.3 is 5.97 Å². The first-order valence-corrected chi connectivity index (χ1v) is 6.11. The Bertz CT molecular complexity index is 285. The Morgan fingerprint density at radius 1 is 1.38 bits per heavy atom. The lowest BCUT2D eigenvalue weighted by Gasteiger charge is -2.16. The standard InChI is InChI=1S/C13H20O2S/c1-6-8-11(7-2)9-15-12(14)10-16-13(3,4)5/h6-8H,1-2,9-10H2,3-5H3/b11-8+. The third-order valence-corrected chi connectivity index (χ3v) is 2.86. The Kier molecular flexibility index (Phi) is 6.90. The van der Waals surface area contributed by atoms with Crippen molar-refractivity contribution in [2.45, 2.75) is 25.5 Å². The Labute approximate surface area is 102 Å². The van der Waals surface area contributed by atoms with Crippen LogP contribution in [0.2, 0.25) is 0 Å². The zero-order valence-electron chi connectivity index (χ0n) is 10.3. The maximum absolute atomic E-state index is 11.4. The molecule has 0 bridgehead atoms. The highest BCUT2D eigenvalue weighted by Crippen LogP contribution is 2.22. The van der Waals surface area contributed by atoms with Crippen LogP contribution in [0.3, 0.4) is 0 Å². The largest absolute Gasteiger partial charge is 0.460 e. The molecular formula is C13H20O2S. The molecule has 0 aromatic rings. The summed E-state index contributed by atoms with van der Waals surface area (Å²) in [5, 5.41) is 0. The third-order valence-electron chi connectivity index (χ3n) is 1.62. The second-order valence-corrected chi connectivity index (χ2v) is 6.05. The number of allylic oxidation sites excluding steroid dienone is 2. The normalized spacial score (nSPS) is 12.1. The van der Waals surface area contributed by atoms with Gasteiger partial charge in [0.05, 0.1) is 5.75 Å². The van der Waals surface area contributed by atoms with Gasteiger partial charge in [-0.15, -0.1) is 11.8 Å². The molecule has 0 spiro atoms. The van der Waals surface area contributed by atoms with Gasteiger partial charge in [0.15, 0.2) is 0 Å². The number of rotatable bonds is 6. The van der Waals surface area contributed by atoms with Crippen LogP contribution in [-0.4, -0.2) is 23.1 Å². The molecule has 0 saturated carbocycles. The van der Waals surface area contributed by atoms with Gasteiger partial charge in [-0.2, -0.15) is 0 Å². The summed E-state index contributed by atoms with van der Waals surface area (Å²) < 4.78 is 5.18. The van der Waals surface area contributed by atoms with E-state index in [1.54, 1.807) is 30.0 Å². The van der Waals surface area contributed by atoms with Crippen LogP contribution in [0.15, 0.2) is 37.0 Å². The SMILES string of the molecule is C=C/C=C(\C=C)COC(=O)CSC(C)(C)C. The van der Waals surface area contributed by atoms with E-state index in [-0.39, 0.29) is 17.3 Å². The van der Waals surface area contributed by atoms with E-state index in [4.69, 9.17) is 4.74 Å². The van der Waals surface area contributed by atoms with Crippen molar-refractivity contribution >= 4 is 17.7 Å². The molecule has 0 aromatic heterocycles. The van der Waals surface area contributed by atoms with Gasteiger partial charge in [0, 0.05) is 4.75 Å². The molecule has 0 aromatic carbocycles. The van der Waals surface area contributed by atoms with Crippen LogP contribution in [-0.2, 0) is 9.53 Å². The van der Waals surface area contributed by atoms with Crippen molar-refractivity contribution in [3.8, 4) is 0 Å². The maximum Gasteiger partial charge on any atom is 0.316 e. The van der Waals surface area contributed by atoms with Gasteiger partial charge in [0.1, 0.15) is 6.61 Å². The average molecular weight is 240 g/mol. The molecule has 90 valence electrons. The molecule has 3 heteroatoms. The minimum atomic E-state index is -0.197. The Balaban J connectivity index is 3.94. The van der Waals surface area contributed by atoms with Crippen LogP contribution in [0.4, 0.5) is 0 Å². The van der Waals surface area contributed by atoms with Gasteiger partial charge in [-0.3, -0.25) is 4.79 Å². The van der Waals surface area contributed by atoms with E-state index < -0.39 is 0 Å². The highest BCUT2D eigenvalue weighted by molar-refractivity contribution is 8.01. The second kappa shape index (κ2) is 7.34.